The first-order valence-corrected chi connectivity index (χ1v) is 23.9. The first-order valence-electron chi connectivity index (χ1n) is 17.0. The van der Waals surface area contributed by atoms with Crippen LogP contribution in [0.5, 0.6) is 0 Å². The van der Waals surface area contributed by atoms with Crippen LogP contribution in [-0.2, 0) is 8.85 Å². The maximum absolute atomic E-state index is 6.91. The van der Waals surface area contributed by atoms with Gasteiger partial charge in [0.15, 0.2) is 16.6 Å². The van der Waals surface area contributed by atoms with Crippen LogP contribution in [0.4, 0.5) is 0 Å². The summed E-state index contributed by atoms with van der Waals surface area (Å²) in [5.41, 5.74) is 2.18. The molecule has 5 saturated carbocycles. The van der Waals surface area contributed by atoms with Gasteiger partial charge in [0.2, 0.25) is 0 Å². The van der Waals surface area contributed by atoms with E-state index in [1.165, 1.54) is 64.2 Å². The molecule has 0 aromatic heterocycles. The molecule has 0 saturated heterocycles. The molecule has 0 aromatic carbocycles. The molecule has 0 spiro atoms. The highest BCUT2D eigenvalue weighted by atomic mass is 28.4. The van der Waals surface area contributed by atoms with Crippen molar-refractivity contribution in [1.29, 1.82) is 0 Å². The predicted molar refractivity (Wildman–Crippen MR) is 172 cm³/mol. The molecule has 0 aliphatic heterocycles. The Kier molecular flexibility index (Phi) is 7.44. The maximum Gasteiger partial charge on any atom is 0.184 e. The van der Waals surface area contributed by atoms with E-state index in [4.69, 9.17) is 8.85 Å². The van der Waals surface area contributed by atoms with Crippen molar-refractivity contribution in [3.8, 4) is 0 Å². The van der Waals surface area contributed by atoms with Gasteiger partial charge in [-0.05, 0) is 167 Å². The van der Waals surface area contributed by atoms with Gasteiger partial charge in [-0.2, -0.15) is 0 Å². The third-order valence-electron chi connectivity index (χ3n) is 14.5. The summed E-state index contributed by atoms with van der Waals surface area (Å²) < 4.78 is 13.8. The van der Waals surface area contributed by atoms with Crippen molar-refractivity contribution < 1.29 is 8.85 Å². The number of hydrogen-bond donors (Lipinski definition) is 0. The molecule has 5 aliphatic rings. The van der Waals surface area contributed by atoms with E-state index >= 15 is 0 Å². The molecule has 2 nitrogen and oxygen atoms in total. The Morgan fingerprint density at radius 1 is 0.641 bits per heavy atom. The zero-order valence-corrected chi connectivity index (χ0v) is 30.4. The summed E-state index contributed by atoms with van der Waals surface area (Å²) in [6.45, 7) is 33.0. The zero-order valence-electron chi connectivity index (χ0n) is 28.4. The van der Waals surface area contributed by atoms with Crippen LogP contribution >= 0.6 is 0 Å². The largest absolute Gasteiger partial charge is 0.415 e. The van der Waals surface area contributed by atoms with Crippen molar-refractivity contribution in [3.05, 3.63) is 0 Å². The standard InChI is InChI=1S/C35H66O2Si2/c1-24(36-38(8,9)10)25-16-19-32(4)22-23-34(6)26(30(25)32)14-15-28-33(5)20-18-29(37-39(11,12)13)31(2,3)27(33)17-21-35(28,34)7/h24-30H,14-23H2,1-13H3/t24-,25+,26?,27?,28?,29+,30?,32-,33+,34-,35-/m1/s1. The normalized spacial score (nSPS) is 50.4. The Labute approximate surface area is 245 Å². The molecular formula is C35H66O2Si2. The molecule has 5 rings (SSSR count). The minimum atomic E-state index is -1.56. The third kappa shape index (κ3) is 4.75. The first kappa shape index (κ1) is 30.8. The topological polar surface area (TPSA) is 18.5 Å². The van der Waals surface area contributed by atoms with Gasteiger partial charge in [-0.15, -0.1) is 0 Å². The molecule has 5 aliphatic carbocycles. The molecule has 0 bridgehead atoms. The fourth-order valence-electron chi connectivity index (χ4n) is 12.8. The minimum absolute atomic E-state index is 0.275. The second-order valence-electron chi connectivity index (χ2n) is 19.1. The maximum atomic E-state index is 6.91. The van der Waals surface area contributed by atoms with Gasteiger partial charge in [0.25, 0.3) is 0 Å². The van der Waals surface area contributed by atoms with E-state index in [-0.39, 0.29) is 5.41 Å². The second-order valence-corrected chi connectivity index (χ2v) is 28.0. The quantitative estimate of drug-likeness (QED) is 0.304. The molecule has 0 radical (unpaired) electrons. The second kappa shape index (κ2) is 9.42. The van der Waals surface area contributed by atoms with Crippen LogP contribution in [0.2, 0.25) is 39.3 Å². The van der Waals surface area contributed by atoms with Crippen LogP contribution in [0.15, 0.2) is 0 Å². The summed E-state index contributed by atoms with van der Waals surface area (Å²) in [7, 11) is -3.10. The van der Waals surface area contributed by atoms with Crippen LogP contribution in [0.1, 0.15) is 113 Å². The SMILES string of the molecule is C[C@@H](O[Si](C)(C)C)[C@@H]1CC[C@]2(C)CC[C@]3(C)C(CCC4[C@@]5(C)CC[C@H](O[Si](C)(C)C)C(C)(C)C5CC[C@]43C)C12. The van der Waals surface area contributed by atoms with Crippen LogP contribution < -0.4 is 0 Å². The lowest BCUT2D eigenvalue weighted by atomic mass is 9.32. The van der Waals surface area contributed by atoms with E-state index in [0.717, 1.165) is 29.6 Å². The lowest BCUT2D eigenvalue weighted by molar-refractivity contribution is -0.247. The molecule has 4 heteroatoms. The fraction of sp³-hybridized carbons (Fsp3) is 1.00. The van der Waals surface area contributed by atoms with E-state index in [1.807, 2.05) is 0 Å². The van der Waals surface area contributed by atoms with E-state index in [1.54, 1.807) is 0 Å². The number of hydrogen-bond acceptors (Lipinski definition) is 2. The average Bonchev–Trinajstić information content (AvgIpc) is 3.12. The van der Waals surface area contributed by atoms with Crippen molar-refractivity contribution in [2.75, 3.05) is 0 Å². The number of fused-ring (bicyclic) bond motifs is 7. The Balaban J connectivity index is 1.46. The van der Waals surface area contributed by atoms with Gasteiger partial charge in [0.1, 0.15) is 0 Å². The smallest absolute Gasteiger partial charge is 0.184 e. The minimum Gasteiger partial charge on any atom is -0.415 e. The van der Waals surface area contributed by atoms with Crippen molar-refractivity contribution >= 4 is 16.6 Å². The van der Waals surface area contributed by atoms with E-state index in [0.29, 0.717) is 33.9 Å². The summed E-state index contributed by atoms with van der Waals surface area (Å²) >= 11 is 0. The Morgan fingerprint density at radius 2 is 1.31 bits per heavy atom. The van der Waals surface area contributed by atoms with Gasteiger partial charge >= 0.3 is 0 Å². The average molecular weight is 575 g/mol. The molecular weight excluding hydrogens is 509 g/mol. The highest BCUT2D eigenvalue weighted by molar-refractivity contribution is 6.70. The van der Waals surface area contributed by atoms with E-state index in [2.05, 4.69) is 87.7 Å². The molecule has 226 valence electrons. The highest BCUT2D eigenvalue weighted by Gasteiger charge is 2.70. The molecule has 0 heterocycles. The molecule has 39 heavy (non-hydrogen) atoms. The van der Waals surface area contributed by atoms with Gasteiger partial charge in [-0.1, -0.05) is 41.5 Å². The summed E-state index contributed by atoms with van der Waals surface area (Å²) in [5, 5.41) is 0. The lowest BCUT2D eigenvalue weighted by Gasteiger charge is -2.73. The monoisotopic (exact) mass is 574 g/mol. The third-order valence-corrected chi connectivity index (χ3v) is 16.5. The fourth-order valence-corrected chi connectivity index (χ4v) is 15.3. The summed E-state index contributed by atoms with van der Waals surface area (Å²) in [5.74, 6) is 4.13. The van der Waals surface area contributed by atoms with E-state index < -0.39 is 16.6 Å². The highest BCUT2D eigenvalue weighted by Crippen LogP contribution is 2.77. The Morgan fingerprint density at radius 3 is 1.92 bits per heavy atom. The van der Waals surface area contributed by atoms with Crippen molar-refractivity contribution in [3.63, 3.8) is 0 Å². The van der Waals surface area contributed by atoms with Crippen LogP contribution in [0, 0.1) is 56.7 Å². The van der Waals surface area contributed by atoms with Gasteiger partial charge in [0, 0.05) is 6.10 Å². The Bertz CT molecular complexity index is 934. The van der Waals surface area contributed by atoms with Crippen molar-refractivity contribution in [2.45, 2.75) is 164 Å². The predicted octanol–water partition coefficient (Wildman–Crippen LogP) is 10.5. The Hall–Kier alpha value is 0.354. The molecule has 4 unspecified atom stereocenters. The molecule has 0 aromatic rings. The van der Waals surface area contributed by atoms with Crippen LogP contribution in [0.3, 0.4) is 0 Å². The molecule has 11 atom stereocenters. The zero-order chi connectivity index (χ0) is 29.0. The summed E-state index contributed by atoms with van der Waals surface area (Å²) in [4.78, 5) is 0. The summed E-state index contributed by atoms with van der Waals surface area (Å²) in [6.07, 6.45) is 15.0. The van der Waals surface area contributed by atoms with Crippen LogP contribution in [0.25, 0.3) is 0 Å². The van der Waals surface area contributed by atoms with E-state index in [9.17, 15) is 0 Å². The van der Waals surface area contributed by atoms with Crippen LogP contribution in [-0.4, -0.2) is 28.8 Å². The van der Waals surface area contributed by atoms with Gasteiger partial charge in [-0.25, -0.2) is 0 Å². The lowest BCUT2D eigenvalue weighted by Crippen LogP contribution is -2.67. The molecule has 0 N–H and O–H groups in total. The van der Waals surface area contributed by atoms with Gasteiger partial charge in [0.05, 0.1) is 6.10 Å². The molecule has 5 fully saturated rings. The van der Waals surface area contributed by atoms with Gasteiger partial charge in [-0.3, -0.25) is 0 Å². The van der Waals surface area contributed by atoms with Crippen molar-refractivity contribution in [2.24, 2.45) is 56.7 Å². The van der Waals surface area contributed by atoms with Crippen molar-refractivity contribution in [1.82, 2.24) is 0 Å². The first-order chi connectivity index (χ1) is 17.7. The van der Waals surface area contributed by atoms with Gasteiger partial charge < -0.3 is 8.85 Å². The summed E-state index contributed by atoms with van der Waals surface area (Å²) in [6, 6.07) is 0. The molecule has 0 amide bonds. The number of rotatable bonds is 5.